The van der Waals surface area contributed by atoms with Crippen LogP contribution >= 0.6 is 11.6 Å². The van der Waals surface area contributed by atoms with Gasteiger partial charge in [-0.05, 0) is 91.4 Å². The van der Waals surface area contributed by atoms with Crippen molar-refractivity contribution in [2.24, 2.45) is 0 Å². The third-order valence-corrected chi connectivity index (χ3v) is 10.2. The Morgan fingerprint density at radius 2 is 1.50 bits per heavy atom. The van der Waals surface area contributed by atoms with Crippen molar-refractivity contribution in [2.45, 2.75) is 64.4 Å². The maximum atomic E-state index is 14.6. The normalized spacial score (nSPS) is 11.9. The molecule has 4 rings (SSSR count). The van der Waals surface area contributed by atoms with Crippen molar-refractivity contribution in [1.29, 1.82) is 0 Å². The molecule has 9 heteroatoms. The number of sulfonamides is 1. The summed E-state index contributed by atoms with van der Waals surface area (Å²) in [5.74, 6) is -0.775. The van der Waals surface area contributed by atoms with Crippen molar-refractivity contribution in [1.82, 2.24) is 10.2 Å². The number of amides is 2. The Labute approximate surface area is 278 Å². The summed E-state index contributed by atoms with van der Waals surface area (Å²) in [6.07, 6.45) is 1.97. The molecule has 2 amide bonds. The highest BCUT2D eigenvalue weighted by atomic mass is 35.5. The van der Waals surface area contributed by atoms with E-state index in [9.17, 15) is 18.0 Å². The zero-order valence-electron chi connectivity index (χ0n) is 26.9. The minimum absolute atomic E-state index is 0.00604. The summed E-state index contributed by atoms with van der Waals surface area (Å²) in [7, 11) is -4.21. The molecule has 0 radical (unpaired) electrons. The van der Waals surface area contributed by atoms with E-state index < -0.39 is 28.5 Å². The largest absolute Gasteiger partial charge is 0.354 e. The lowest BCUT2D eigenvalue weighted by molar-refractivity contribution is -0.140. The minimum atomic E-state index is -4.21. The lowest BCUT2D eigenvalue weighted by Gasteiger charge is -2.34. The SMILES string of the molecule is CCCCNC(=O)C(Cc1ccccc1)N(Cc1ccccc1C)C(=O)CN(c1ccc(C)c(C)c1)S(=O)(=O)c1ccc(Cl)cc1. The summed E-state index contributed by atoms with van der Waals surface area (Å²) >= 11 is 6.08. The molecular formula is C37H42ClN3O4S. The second kappa shape index (κ2) is 15.9. The van der Waals surface area contributed by atoms with Gasteiger partial charge in [-0.2, -0.15) is 0 Å². The highest BCUT2D eigenvalue weighted by Crippen LogP contribution is 2.28. The van der Waals surface area contributed by atoms with Gasteiger partial charge in [0.1, 0.15) is 12.6 Å². The van der Waals surface area contributed by atoms with Crippen molar-refractivity contribution in [2.75, 3.05) is 17.4 Å². The quantitative estimate of drug-likeness (QED) is 0.148. The fraction of sp³-hybridized carbons (Fsp3) is 0.297. The third kappa shape index (κ3) is 8.77. The number of nitrogens with one attached hydrogen (secondary N) is 1. The molecule has 0 aliphatic carbocycles. The van der Waals surface area contributed by atoms with Crippen LogP contribution in [0.5, 0.6) is 0 Å². The summed E-state index contributed by atoms with van der Waals surface area (Å²) in [5.41, 5.74) is 4.95. The number of nitrogens with zero attached hydrogens (tertiary/aromatic N) is 2. The molecule has 7 nitrogen and oxygen atoms in total. The molecule has 242 valence electrons. The Hall–Kier alpha value is -4.14. The van der Waals surface area contributed by atoms with Crippen LogP contribution in [0.4, 0.5) is 5.69 Å². The molecular weight excluding hydrogens is 618 g/mol. The van der Waals surface area contributed by atoms with E-state index in [0.29, 0.717) is 17.3 Å². The first-order chi connectivity index (χ1) is 22.0. The Morgan fingerprint density at radius 1 is 0.826 bits per heavy atom. The smallest absolute Gasteiger partial charge is 0.264 e. The monoisotopic (exact) mass is 659 g/mol. The van der Waals surface area contributed by atoms with Crippen molar-refractivity contribution in [3.8, 4) is 0 Å². The summed E-state index contributed by atoms with van der Waals surface area (Å²) in [4.78, 5) is 30.0. The van der Waals surface area contributed by atoms with Crippen LogP contribution in [0.1, 0.15) is 47.6 Å². The number of aryl methyl sites for hydroxylation is 3. The molecule has 1 atom stereocenters. The number of halogens is 1. The van der Waals surface area contributed by atoms with E-state index in [4.69, 9.17) is 11.6 Å². The average molecular weight is 660 g/mol. The third-order valence-electron chi connectivity index (χ3n) is 8.16. The van der Waals surface area contributed by atoms with E-state index in [2.05, 4.69) is 5.32 Å². The van der Waals surface area contributed by atoms with Gasteiger partial charge in [-0.25, -0.2) is 8.42 Å². The maximum Gasteiger partial charge on any atom is 0.264 e. The molecule has 0 aliphatic heterocycles. The van der Waals surface area contributed by atoms with E-state index in [-0.39, 0.29) is 23.8 Å². The fourth-order valence-electron chi connectivity index (χ4n) is 5.17. The number of carbonyl (C=O) groups is 2. The Morgan fingerprint density at radius 3 is 2.15 bits per heavy atom. The Bertz CT molecular complexity index is 1740. The molecule has 4 aromatic rings. The van der Waals surface area contributed by atoms with Crippen LogP contribution in [0.3, 0.4) is 0 Å². The van der Waals surface area contributed by atoms with Gasteiger partial charge in [0, 0.05) is 24.5 Å². The van der Waals surface area contributed by atoms with E-state index in [1.807, 2.05) is 88.4 Å². The zero-order valence-corrected chi connectivity index (χ0v) is 28.4. The van der Waals surface area contributed by atoms with Crippen LogP contribution in [0.15, 0.2) is 102 Å². The molecule has 0 saturated carbocycles. The van der Waals surface area contributed by atoms with Gasteiger partial charge in [-0.1, -0.05) is 85.6 Å². The lowest BCUT2D eigenvalue weighted by Crippen LogP contribution is -2.53. The molecule has 4 aromatic carbocycles. The van der Waals surface area contributed by atoms with Crippen LogP contribution in [-0.2, 0) is 32.6 Å². The van der Waals surface area contributed by atoms with Gasteiger partial charge < -0.3 is 10.2 Å². The molecule has 1 N–H and O–H groups in total. The molecule has 0 heterocycles. The highest BCUT2D eigenvalue weighted by molar-refractivity contribution is 7.92. The summed E-state index contributed by atoms with van der Waals surface area (Å²) in [5, 5.41) is 3.42. The summed E-state index contributed by atoms with van der Waals surface area (Å²) < 4.78 is 29.6. The molecule has 0 aliphatic rings. The summed E-state index contributed by atoms with van der Waals surface area (Å²) in [6, 6.07) is 27.5. The summed E-state index contributed by atoms with van der Waals surface area (Å²) in [6.45, 7) is 7.94. The van der Waals surface area contributed by atoms with Crippen LogP contribution in [0.2, 0.25) is 5.02 Å². The van der Waals surface area contributed by atoms with E-state index in [0.717, 1.165) is 45.0 Å². The first-order valence-electron chi connectivity index (χ1n) is 15.5. The first-order valence-corrected chi connectivity index (χ1v) is 17.3. The van der Waals surface area contributed by atoms with Gasteiger partial charge in [-0.3, -0.25) is 13.9 Å². The van der Waals surface area contributed by atoms with Gasteiger partial charge in [-0.15, -0.1) is 0 Å². The standard InChI is InChI=1S/C37H42ClN3O4S/c1-5-6-22-39-37(43)35(24-30-13-8-7-9-14-30)40(25-31-15-11-10-12-28(31)3)36(42)26-41(33-19-16-27(2)29(4)23-33)46(44,45)34-20-17-32(38)18-21-34/h7-21,23,35H,5-6,22,24-26H2,1-4H3,(H,39,43). The number of rotatable bonds is 14. The van der Waals surface area contributed by atoms with Crippen molar-refractivity contribution >= 4 is 39.1 Å². The molecule has 0 aromatic heterocycles. The second-order valence-electron chi connectivity index (χ2n) is 11.5. The van der Waals surface area contributed by atoms with Crippen LogP contribution in [-0.4, -0.2) is 44.3 Å². The predicted octanol–water partition coefficient (Wildman–Crippen LogP) is 7.02. The molecule has 0 spiro atoms. The topological polar surface area (TPSA) is 86.8 Å². The lowest BCUT2D eigenvalue weighted by atomic mass is 10.0. The molecule has 0 fully saturated rings. The van der Waals surface area contributed by atoms with Gasteiger partial charge >= 0.3 is 0 Å². The zero-order chi connectivity index (χ0) is 33.3. The Balaban J connectivity index is 1.81. The van der Waals surface area contributed by atoms with Crippen LogP contribution < -0.4 is 9.62 Å². The number of unbranched alkanes of at least 4 members (excludes halogenated alkanes) is 1. The molecule has 0 saturated heterocycles. The maximum absolute atomic E-state index is 14.6. The first kappa shape index (κ1) is 34.7. The number of hydrogen-bond acceptors (Lipinski definition) is 4. The Kier molecular flexibility index (Phi) is 12.0. The highest BCUT2D eigenvalue weighted by Gasteiger charge is 2.35. The fourth-order valence-corrected chi connectivity index (χ4v) is 6.71. The van der Waals surface area contributed by atoms with Crippen molar-refractivity contribution in [3.63, 3.8) is 0 Å². The predicted molar refractivity (Wildman–Crippen MR) is 185 cm³/mol. The number of hydrogen-bond donors (Lipinski definition) is 1. The van der Waals surface area contributed by atoms with E-state index >= 15 is 0 Å². The van der Waals surface area contributed by atoms with Crippen molar-refractivity contribution < 1.29 is 18.0 Å². The minimum Gasteiger partial charge on any atom is -0.354 e. The average Bonchev–Trinajstić information content (AvgIpc) is 3.04. The number of benzene rings is 4. The molecule has 0 bridgehead atoms. The molecule has 1 unspecified atom stereocenters. The van der Waals surface area contributed by atoms with E-state index in [1.54, 1.807) is 12.1 Å². The van der Waals surface area contributed by atoms with Gasteiger partial charge in [0.25, 0.3) is 10.0 Å². The van der Waals surface area contributed by atoms with Crippen LogP contribution in [0, 0.1) is 20.8 Å². The van der Waals surface area contributed by atoms with Gasteiger partial charge in [0.15, 0.2) is 0 Å². The van der Waals surface area contributed by atoms with Crippen LogP contribution in [0.25, 0.3) is 0 Å². The number of anilines is 1. The van der Waals surface area contributed by atoms with Crippen molar-refractivity contribution in [3.05, 3.63) is 130 Å². The van der Waals surface area contributed by atoms with Gasteiger partial charge in [0.2, 0.25) is 11.8 Å². The number of carbonyl (C=O) groups excluding carboxylic acids is 2. The van der Waals surface area contributed by atoms with Gasteiger partial charge in [0.05, 0.1) is 10.6 Å². The second-order valence-corrected chi connectivity index (χ2v) is 13.8. The molecule has 46 heavy (non-hydrogen) atoms. The van der Waals surface area contributed by atoms with E-state index in [1.165, 1.54) is 29.2 Å².